The molecule has 30 heavy (non-hydrogen) atoms. The van der Waals surface area contributed by atoms with E-state index < -0.39 is 0 Å². The first-order valence-electron chi connectivity index (χ1n) is 10.7. The number of hydrogen-bond acceptors (Lipinski definition) is 5. The summed E-state index contributed by atoms with van der Waals surface area (Å²) in [5, 5.41) is 11.9. The van der Waals surface area contributed by atoms with Crippen molar-refractivity contribution >= 4 is 28.3 Å². The second kappa shape index (κ2) is 8.83. The molecule has 4 rings (SSSR count). The van der Waals surface area contributed by atoms with Gasteiger partial charge >= 0.3 is 0 Å². The molecule has 1 saturated heterocycles. The monoisotopic (exact) mass is 407 g/mol. The van der Waals surface area contributed by atoms with Crippen molar-refractivity contribution in [3.05, 3.63) is 47.8 Å². The largest absolute Gasteiger partial charge is 0.381 e. The molecule has 0 spiro atoms. The Hall–Kier alpha value is -2.93. The van der Waals surface area contributed by atoms with Gasteiger partial charge in [-0.15, -0.1) is 0 Å². The van der Waals surface area contributed by atoms with Gasteiger partial charge in [0.25, 0.3) is 5.91 Å². The number of fused-ring (bicyclic) bond motifs is 1. The molecule has 7 nitrogen and oxygen atoms in total. The van der Waals surface area contributed by atoms with E-state index in [0.29, 0.717) is 11.5 Å². The molecular formula is C23H29N5O2. The van der Waals surface area contributed by atoms with Gasteiger partial charge in [-0.2, -0.15) is 5.10 Å². The minimum atomic E-state index is -0.180. The number of ether oxygens (including phenoxy) is 1. The molecule has 0 bridgehead atoms. The summed E-state index contributed by atoms with van der Waals surface area (Å²) in [6.45, 7) is 8.51. The molecule has 1 amide bonds. The van der Waals surface area contributed by atoms with Crippen molar-refractivity contribution in [1.29, 1.82) is 0 Å². The molecule has 2 aromatic heterocycles. The van der Waals surface area contributed by atoms with E-state index in [2.05, 4.69) is 34.6 Å². The lowest BCUT2D eigenvalue weighted by molar-refractivity contribution is 0.0904. The van der Waals surface area contributed by atoms with Gasteiger partial charge in [0.05, 0.1) is 22.8 Å². The standard InChI is InChI=1S/C23H29N5O2/c1-4-28-22-19(14-25-28)21(26-18-9-11-30-12-10-18)20(13-24-22)23(29)27-17-7-5-16(6-8-17)15(2)3/h5-8,13-15,18H,4,9-12H2,1-3H3,(H,24,26)(H,27,29). The van der Waals surface area contributed by atoms with Crippen LogP contribution in [0.3, 0.4) is 0 Å². The van der Waals surface area contributed by atoms with Crippen molar-refractivity contribution in [3.8, 4) is 0 Å². The second-order valence-electron chi connectivity index (χ2n) is 8.01. The minimum absolute atomic E-state index is 0.180. The Labute approximate surface area is 176 Å². The first kappa shape index (κ1) is 20.3. The Balaban J connectivity index is 1.65. The van der Waals surface area contributed by atoms with Gasteiger partial charge in [-0.05, 0) is 43.4 Å². The molecule has 1 aliphatic heterocycles. The maximum absolute atomic E-state index is 13.2. The van der Waals surface area contributed by atoms with Crippen LogP contribution in [0.25, 0.3) is 11.0 Å². The Kier molecular flexibility index (Phi) is 5.99. The number of rotatable bonds is 6. The fraction of sp³-hybridized carbons (Fsp3) is 0.435. The van der Waals surface area contributed by atoms with Gasteiger partial charge in [-0.1, -0.05) is 26.0 Å². The predicted molar refractivity (Wildman–Crippen MR) is 119 cm³/mol. The third kappa shape index (κ3) is 4.16. The van der Waals surface area contributed by atoms with Gasteiger partial charge in [-0.25, -0.2) is 9.67 Å². The summed E-state index contributed by atoms with van der Waals surface area (Å²) in [5.41, 5.74) is 4.11. The number of carbonyl (C=O) groups excluding carboxylic acids is 1. The van der Waals surface area contributed by atoms with Crippen molar-refractivity contribution in [3.63, 3.8) is 0 Å². The molecule has 7 heteroatoms. The molecule has 0 radical (unpaired) electrons. The molecule has 3 aromatic rings. The first-order valence-corrected chi connectivity index (χ1v) is 10.7. The summed E-state index contributed by atoms with van der Waals surface area (Å²) in [4.78, 5) is 17.7. The lowest BCUT2D eigenvalue weighted by atomic mass is 10.0. The second-order valence-corrected chi connectivity index (χ2v) is 8.01. The number of pyridine rings is 1. The van der Waals surface area contributed by atoms with Gasteiger partial charge in [0.1, 0.15) is 0 Å². The molecule has 0 atom stereocenters. The van der Waals surface area contributed by atoms with E-state index in [1.165, 1.54) is 5.56 Å². The van der Waals surface area contributed by atoms with Gasteiger partial charge in [-0.3, -0.25) is 4.79 Å². The van der Waals surface area contributed by atoms with Crippen LogP contribution in [0.5, 0.6) is 0 Å². The molecule has 2 N–H and O–H groups in total. The highest BCUT2D eigenvalue weighted by Crippen LogP contribution is 2.29. The summed E-state index contributed by atoms with van der Waals surface area (Å²) in [6.07, 6.45) is 5.25. The number of aromatic nitrogens is 3. The van der Waals surface area contributed by atoms with Crippen molar-refractivity contribution in [1.82, 2.24) is 14.8 Å². The number of anilines is 2. The minimum Gasteiger partial charge on any atom is -0.381 e. The number of amides is 1. The topological polar surface area (TPSA) is 81.1 Å². The van der Waals surface area contributed by atoms with Crippen LogP contribution in [0.4, 0.5) is 11.4 Å². The lowest BCUT2D eigenvalue weighted by Gasteiger charge is -2.25. The normalized spacial score (nSPS) is 14.9. The molecule has 1 aromatic carbocycles. The maximum Gasteiger partial charge on any atom is 0.259 e. The fourth-order valence-electron chi connectivity index (χ4n) is 3.78. The van der Waals surface area contributed by atoms with E-state index >= 15 is 0 Å². The van der Waals surface area contributed by atoms with Crippen LogP contribution in [0.1, 0.15) is 55.5 Å². The smallest absolute Gasteiger partial charge is 0.259 e. The van der Waals surface area contributed by atoms with Gasteiger partial charge in [0.15, 0.2) is 5.65 Å². The van der Waals surface area contributed by atoms with Crippen molar-refractivity contribution in [2.24, 2.45) is 0 Å². The van der Waals surface area contributed by atoms with Gasteiger partial charge < -0.3 is 15.4 Å². The van der Waals surface area contributed by atoms with Crippen LogP contribution in [0.2, 0.25) is 0 Å². The van der Waals surface area contributed by atoms with Crippen molar-refractivity contribution in [2.75, 3.05) is 23.8 Å². The van der Waals surface area contributed by atoms with Crippen LogP contribution in [0, 0.1) is 0 Å². The first-order chi connectivity index (χ1) is 14.6. The molecule has 0 aliphatic carbocycles. The van der Waals surface area contributed by atoms with Crippen LogP contribution >= 0.6 is 0 Å². The fourth-order valence-corrected chi connectivity index (χ4v) is 3.78. The van der Waals surface area contributed by atoms with Crippen LogP contribution < -0.4 is 10.6 Å². The van der Waals surface area contributed by atoms with Crippen molar-refractivity contribution in [2.45, 2.75) is 52.1 Å². The molecule has 0 saturated carbocycles. The molecule has 158 valence electrons. The molecule has 0 unspecified atom stereocenters. The lowest BCUT2D eigenvalue weighted by Crippen LogP contribution is -2.29. The van der Waals surface area contributed by atoms with Crippen LogP contribution in [-0.4, -0.2) is 39.9 Å². The SMILES string of the molecule is CCn1ncc2c(NC3CCOCC3)c(C(=O)Nc3ccc(C(C)C)cc3)cnc21. The van der Waals surface area contributed by atoms with Gasteiger partial charge in [0, 0.05) is 37.7 Å². The molecular weight excluding hydrogens is 378 g/mol. The average Bonchev–Trinajstić information content (AvgIpc) is 3.18. The third-order valence-electron chi connectivity index (χ3n) is 5.62. The summed E-state index contributed by atoms with van der Waals surface area (Å²) in [6, 6.07) is 8.24. The summed E-state index contributed by atoms with van der Waals surface area (Å²) >= 11 is 0. The highest BCUT2D eigenvalue weighted by Gasteiger charge is 2.22. The van der Waals surface area contributed by atoms with E-state index in [9.17, 15) is 4.79 Å². The van der Waals surface area contributed by atoms with Gasteiger partial charge in [0.2, 0.25) is 0 Å². The number of nitrogens with one attached hydrogen (secondary N) is 2. The number of hydrogen-bond donors (Lipinski definition) is 2. The molecule has 3 heterocycles. The summed E-state index contributed by atoms with van der Waals surface area (Å²) in [5.74, 6) is 0.271. The summed E-state index contributed by atoms with van der Waals surface area (Å²) in [7, 11) is 0. The van der Waals surface area contributed by atoms with Crippen molar-refractivity contribution < 1.29 is 9.53 Å². The Morgan fingerprint density at radius 2 is 1.93 bits per heavy atom. The number of carbonyl (C=O) groups is 1. The zero-order valence-corrected chi connectivity index (χ0v) is 17.8. The highest BCUT2D eigenvalue weighted by atomic mass is 16.5. The average molecular weight is 408 g/mol. The molecule has 1 fully saturated rings. The quantitative estimate of drug-likeness (QED) is 0.632. The summed E-state index contributed by atoms with van der Waals surface area (Å²) < 4.78 is 7.33. The van der Waals surface area contributed by atoms with E-state index in [1.807, 2.05) is 35.9 Å². The van der Waals surface area contributed by atoms with Crippen LogP contribution in [-0.2, 0) is 11.3 Å². The third-order valence-corrected chi connectivity index (χ3v) is 5.62. The highest BCUT2D eigenvalue weighted by molar-refractivity contribution is 6.12. The maximum atomic E-state index is 13.2. The number of aryl methyl sites for hydroxylation is 1. The Bertz CT molecular complexity index is 1020. The van der Waals surface area contributed by atoms with E-state index in [1.54, 1.807) is 12.4 Å². The van der Waals surface area contributed by atoms with E-state index in [4.69, 9.17) is 4.74 Å². The zero-order valence-electron chi connectivity index (χ0n) is 17.8. The Morgan fingerprint density at radius 3 is 2.60 bits per heavy atom. The number of benzene rings is 1. The Morgan fingerprint density at radius 1 is 1.20 bits per heavy atom. The van der Waals surface area contributed by atoms with E-state index in [-0.39, 0.29) is 11.9 Å². The predicted octanol–water partition coefficient (Wildman–Crippen LogP) is 4.42. The molecule has 1 aliphatic rings. The number of nitrogens with zero attached hydrogens (tertiary/aromatic N) is 3. The van der Waals surface area contributed by atoms with E-state index in [0.717, 1.165) is 55.0 Å². The zero-order chi connectivity index (χ0) is 21.1. The van der Waals surface area contributed by atoms with Crippen LogP contribution in [0.15, 0.2) is 36.7 Å².